The Balaban J connectivity index is 1.97. The quantitative estimate of drug-likeness (QED) is 0.798. The lowest BCUT2D eigenvalue weighted by atomic mass is 9.90. The average molecular weight is 359 g/mol. The van der Waals surface area contributed by atoms with Crippen LogP contribution in [0.5, 0.6) is 0 Å². The number of nitrogens with zero attached hydrogens (tertiary/aromatic N) is 2. The molecule has 4 nitrogen and oxygen atoms in total. The maximum atomic E-state index is 13.1. The summed E-state index contributed by atoms with van der Waals surface area (Å²) in [5.74, 6) is 0.472. The number of hydrogen-bond donors (Lipinski definition) is 0. The summed E-state index contributed by atoms with van der Waals surface area (Å²) in [4.78, 5) is 29.4. The Morgan fingerprint density at radius 1 is 1.12 bits per heavy atom. The fourth-order valence-corrected chi connectivity index (χ4v) is 3.51. The first kappa shape index (κ1) is 20.5. The first-order chi connectivity index (χ1) is 12.2. The number of piperidine rings is 1. The number of amides is 2. The summed E-state index contributed by atoms with van der Waals surface area (Å²) in [6.45, 7) is 12.9. The van der Waals surface area contributed by atoms with E-state index in [0.717, 1.165) is 25.8 Å². The van der Waals surface area contributed by atoms with Gasteiger partial charge in [-0.05, 0) is 31.7 Å². The second-order valence-electron chi connectivity index (χ2n) is 8.56. The summed E-state index contributed by atoms with van der Waals surface area (Å²) < 4.78 is 0. The zero-order valence-electron chi connectivity index (χ0n) is 17.0. The summed E-state index contributed by atoms with van der Waals surface area (Å²) in [5, 5.41) is 0. The van der Waals surface area contributed by atoms with Gasteiger partial charge in [0.2, 0.25) is 11.8 Å². The molecule has 0 unspecified atom stereocenters. The molecule has 0 aromatic heterocycles. The van der Waals surface area contributed by atoms with Gasteiger partial charge in [-0.3, -0.25) is 9.59 Å². The van der Waals surface area contributed by atoms with Crippen molar-refractivity contribution in [3.05, 3.63) is 35.4 Å². The Kier molecular flexibility index (Phi) is 6.85. The third-order valence-electron chi connectivity index (χ3n) is 5.07. The number of likely N-dealkylation sites (tertiary alicyclic amines) is 1. The Hall–Kier alpha value is -1.84. The highest BCUT2D eigenvalue weighted by Gasteiger charge is 2.33. The molecule has 1 aliphatic heterocycles. The van der Waals surface area contributed by atoms with Crippen molar-refractivity contribution < 1.29 is 9.59 Å². The molecule has 144 valence electrons. The first-order valence-electron chi connectivity index (χ1n) is 9.86. The van der Waals surface area contributed by atoms with Crippen molar-refractivity contribution in [1.29, 1.82) is 0 Å². The highest BCUT2D eigenvalue weighted by molar-refractivity contribution is 5.82. The third-order valence-corrected chi connectivity index (χ3v) is 5.07. The topological polar surface area (TPSA) is 40.6 Å². The van der Waals surface area contributed by atoms with Gasteiger partial charge in [0.25, 0.3) is 0 Å². The third kappa shape index (κ3) is 5.33. The fraction of sp³-hybridized carbons (Fsp3) is 0.636. The highest BCUT2D eigenvalue weighted by atomic mass is 16.2. The second-order valence-corrected chi connectivity index (χ2v) is 8.56. The van der Waals surface area contributed by atoms with E-state index < -0.39 is 0 Å². The van der Waals surface area contributed by atoms with Crippen molar-refractivity contribution in [2.24, 2.45) is 11.3 Å². The smallest absolute Gasteiger partial charge is 0.227 e. The van der Waals surface area contributed by atoms with Crippen LogP contribution in [0, 0.1) is 18.3 Å². The van der Waals surface area contributed by atoms with Crippen LogP contribution in [0.25, 0.3) is 0 Å². The summed E-state index contributed by atoms with van der Waals surface area (Å²) in [6.07, 6.45) is 2.50. The molecule has 1 aromatic carbocycles. The number of carbonyl (C=O) groups is 2. The predicted molar refractivity (Wildman–Crippen MR) is 106 cm³/mol. The molecular weight excluding hydrogens is 324 g/mol. The molecule has 1 aliphatic rings. The van der Waals surface area contributed by atoms with Crippen molar-refractivity contribution in [3.63, 3.8) is 0 Å². The molecule has 26 heavy (non-hydrogen) atoms. The van der Waals surface area contributed by atoms with Gasteiger partial charge in [0, 0.05) is 37.5 Å². The van der Waals surface area contributed by atoms with Gasteiger partial charge in [-0.25, -0.2) is 0 Å². The normalized spacial score (nSPS) is 15.8. The van der Waals surface area contributed by atoms with Gasteiger partial charge in [0.1, 0.15) is 0 Å². The highest BCUT2D eigenvalue weighted by Crippen LogP contribution is 2.25. The largest absolute Gasteiger partial charge is 0.342 e. The maximum Gasteiger partial charge on any atom is 0.227 e. The summed E-state index contributed by atoms with van der Waals surface area (Å²) in [6, 6.07) is 8.41. The first-order valence-corrected chi connectivity index (χ1v) is 9.86. The lowest BCUT2D eigenvalue weighted by Crippen LogP contribution is -2.47. The minimum absolute atomic E-state index is 0.0380. The molecule has 2 amide bonds. The van der Waals surface area contributed by atoms with Gasteiger partial charge in [0.15, 0.2) is 0 Å². The van der Waals surface area contributed by atoms with Crippen LogP contribution < -0.4 is 0 Å². The summed E-state index contributed by atoms with van der Waals surface area (Å²) in [7, 11) is 0. The molecule has 1 heterocycles. The zero-order chi connectivity index (χ0) is 19.3. The number of hydrogen-bond acceptors (Lipinski definition) is 2. The molecule has 4 heteroatoms. The van der Waals surface area contributed by atoms with E-state index in [1.165, 1.54) is 11.1 Å². The van der Waals surface area contributed by atoms with Crippen LogP contribution in [0.4, 0.5) is 0 Å². The Morgan fingerprint density at radius 2 is 1.69 bits per heavy atom. The van der Waals surface area contributed by atoms with Crippen LogP contribution in [0.3, 0.4) is 0 Å². The lowest BCUT2D eigenvalue weighted by Gasteiger charge is -2.37. The molecule has 0 atom stereocenters. The van der Waals surface area contributed by atoms with Crippen molar-refractivity contribution >= 4 is 11.8 Å². The Bertz CT molecular complexity index is 608. The molecule has 1 fully saturated rings. The van der Waals surface area contributed by atoms with Crippen LogP contribution in [-0.4, -0.2) is 41.2 Å². The summed E-state index contributed by atoms with van der Waals surface area (Å²) >= 11 is 0. The molecule has 0 radical (unpaired) electrons. The molecule has 0 N–H and O–H groups in total. The molecule has 1 saturated heterocycles. The fourth-order valence-electron chi connectivity index (χ4n) is 3.51. The monoisotopic (exact) mass is 358 g/mol. The molecule has 0 spiro atoms. The molecule has 2 rings (SSSR count). The van der Waals surface area contributed by atoms with Crippen LogP contribution in [-0.2, 0) is 16.1 Å². The minimum atomic E-state index is -0.351. The van der Waals surface area contributed by atoms with E-state index in [9.17, 15) is 9.59 Å². The average Bonchev–Trinajstić information content (AvgIpc) is 2.61. The van der Waals surface area contributed by atoms with Crippen LogP contribution in [0.2, 0.25) is 0 Å². The predicted octanol–water partition coefficient (Wildman–Crippen LogP) is 4.02. The molecule has 0 aliphatic carbocycles. The molecule has 0 saturated carbocycles. The van der Waals surface area contributed by atoms with Gasteiger partial charge >= 0.3 is 0 Å². The lowest BCUT2D eigenvalue weighted by molar-refractivity contribution is -0.145. The van der Waals surface area contributed by atoms with Gasteiger partial charge in [-0.1, -0.05) is 57.5 Å². The SMILES string of the molecule is CCCN(Cc1ccc(C)cc1)C(=O)C1CCN(C(=O)C(C)(C)C)CC1. The van der Waals surface area contributed by atoms with Crippen LogP contribution in [0.1, 0.15) is 58.1 Å². The van der Waals surface area contributed by atoms with E-state index >= 15 is 0 Å². The summed E-state index contributed by atoms with van der Waals surface area (Å²) in [5.41, 5.74) is 2.06. The molecule has 0 bridgehead atoms. The van der Waals surface area contributed by atoms with Gasteiger partial charge in [-0.15, -0.1) is 0 Å². The Labute approximate surface area is 158 Å². The standard InChI is InChI=1S/C22H34N2O2/c1-6-13-24(16-18-9-7-17(2)8-10-18)20(25)19-11-14-23(15-12-19)21(26)22(3,4)5/h7-10,19H,6,11-16H2,1-5H3. The second kappa shape index (κ2) is 8.70. The van der Waals surface area contributed by atoms with E-state index in [1.807, 2.05) is 30.6 Å². The molecule has 1 aromatic rings. The van der Waals surface area contributed by atoms with E-state index in [1.54, 1.807) is 0 Å². The van der Waals surface area contributed by atoms with Gasteiger partial charge < -0.3 is 9.80 Å². The molecular formula is C22H34N2O2. The van der Waals surface area contributed by atoms with Crippen molar-refractivity contribution in [3.8, 4) is 0 Å². The van der Waals surface area contributed by atoms with Crippen molar-refractivity contribution in [2.75, 3.05) is 19.6 Å². The maximum absolute atomic E-state index is 13.1. The minimum Gasteiger partial charge on any atom is -0.342 e. The van der Waals surface area contributed by atoms with Crippen molar-refractivity contribution in [2.45, 2.75) is 60.4 Å². The number of aryl methyl sites for hydroxylation is 1. The number of rotatable bonds is 5. The van der Waals surface area contributed by atoms with E-state index in [-0.39, 0.29) is 23.1 Å². The van der Waals surface area contributed by atoms with E-state index in [2.05, 4.69) is 38.1 Å². The van der Waals surface area contributed by atoms with Gasteiger partial charge in [0.05, 0.1) is 0 Å². The number of benzene rings is 1. The Morgan fingerprint density at radius 3 is 2.19 bits per heavy atom. The van der Waals surface area contributed by atoms with Crippen LogP contribution in [0.15, 0.2) is 24.3 Å². The number of carbonyl (C=O) groups excluding carboxylic acids is 2. The zero-order valence-corrected chi connectivity index (χ0v) is 17.0. The van der Waals surface area contributed by atoms with E-state index in [0.29, 0.717) is 19.6 Å². The van der Waals surface area contributed by atoms with Gasteiger partial charge in [-0.2, -0.15) is 0 Å². The van der Waals surface area contributed by atoms with Crippen LogP contribution >= 0.6 is 0 Å². The van der Waals surface area contributed by atoms with Crippen molar-refractivity contribution in [1.82, 2.24) is 9.80 Å². The van der Waals surface area contributed by atoms with E-state index in [4.69, 9.17) is 0 Å².